The van der Waals surface area contributed by atoms with Crippen molar-refractivity contribution in [3.63, 3.8) is 0 Å². The van der Waals surface area contributed by atoms with Crippen molar-refractivity contribution in [2.24, 2.45) is 0 Å². The summed E-state index contributed by atoms with van der Waals surface area (Å²) < 4.78 is 18.2. The van der Waals surface area contributed by atoms with Crippen LogP contribution in [-0.4, -0.2) is 62.1 Å². The highest BCUT2D eigenvalue weighted by Crippen LogP contribution is 2.09. The van der Waals surface area contributed by atoms with Crippen LogP contribution in [-0.2, 0) is 16.0 Å². The van der Waals surface area contributed by atoms with Crippen LogP contribution in [0.15, 0.2) is 24.3 Å². The molecule has 0 radical (unpaired) electrons. The van der Waals surface area contributed by atoms with E-state index in [1.165, 1.54) is 12.1 Å². The van der Waals surface area contributed by atoms with E-state index >= 15 is 0 Å². The van der Waals surface area contributed by atoms with Crippen molar-refractivity contribution in [1.29, 1.82) is 0 Å². The standard InChI is InChI=1S/C16H23FN2O2/c1-21-11-3-6-18-7-9-19(10-8-18)16(20)13-14-4-2-5-15(17)12-14/h2,4-5,12H,3,6-11,13H2,1H3. The third kappa shape index (κ3) is 5.10. The molecule has 1 saturated heterocycles. The molecule has 21 heavy (non-hydrogen) atoms. The molecule has 0 saturated carbocycles. The second kappa shape index (κ2) is 8.10. The lowest BCUT2D eigenvalue weighted by Crippen LogP contribution is -2.49. The zero-order valence-corrected chi connectivity index (χ0v) is 12.6. The SMILES string of the molecule is COCCCN1CCN(C(=O)Cc2cccc(F)c2)CC1. The average molecular weight is 294 g/mol. The first-order valence-corrected chi connectivity index (χ1v) is 7.42. The molecule has 4 nitrogen and oxygen atoms in total. The fourth-order valence-corrected chi connectivity index (χ4v) is 2.59. The molecular weight excluding hydrogens is 271 g/mol. The number of benzene rings is 1. The van der Waals surface area contributed by atoms with Gasteiger partial charge in [-0.05, 0) is 24.1 Å². The van der Waals surface area contributed by atoms with Gasteiger partial charge in [0.1, 0.15) is 5.82 Å². The smallest absolute Gasteiger partial charge is 0.227 e. The zero-order chi connectivity index (χ0) is 15.1. The Morgan fingerprint density at radius 1 is 1.29 bits per heavy atom. The number of hydrogen-bond acceptors (Lipinski definition) is 3. The Kier molecular flexibility index (Phi) is 6.14. The number of amides is 1. The average Bonchev–Trinajstić information content (AvgIpc) is 2.48. The number of methoxy groups -OCH3 is 1. The third-order valence-electron chi connectivity index (χ3n) is 3.79. The molecule has 2 rings (SSSR count). The predicted molar refractivity (Wildman–Crippen MR) is 79.6 cm³/mol. The van der Waals surface area contributed by atoms with E-state index in [1.807, 2.05) is 4.90 Å². The van der Waals surface area contributed by atoms with Crippen molar-refractivity contribution in [3.8, 4) is 0 Å². The van der Waals surface area contributed by atoms with Crippen LogP contribution >= 0.6 is 0 Å². The maximum Gasteiger partial charge on any atom is 0.227 e. The summed E-state index contributed by atoms with van der Waals surface area (Å²) in [5.74, 6) is -0.208. The van der Waals surface area contributed by atoms with E-state index in [0.29, 0.717) is 0 Å². The molecule has 1 aliphatic heterocycles. The molecule has 0 bridgehead atoms. The van der Waals surface area contributed by atoms with Crippen LogP contribution in [0.3, 0.4) is 0 Å². The van der Waals surface area contributed by atoms with Crippen molar-refractivity contribution in [1.82, 2.24) is 9.80 Å². The van der Waals surface area contributed by atoms with Gasteiger partial charge < -0.3 is 9.64 Å². The molecule has 1 aliphatic rings. The molecule has 5 heteroatoms. The quantitative estimate of drug-likeness (QED) is 0.746. The Labute approximate surface area is 125 Å². The monoisotopic (exact) mass is 294 g/mol. The Hall–Kier alpha value is -1.46. The van der Waals surface area contributed by atoms with Crippen LogP contribution in [0.4, 0.5) is 4.39 Å². The van der Waals surface area contributed by atoms with E-state index in [2.05, 4.69) is 4.90 Å². The molecule has 0 N–H and O–H groups in total. The summed E-state index contributed by atoms with van der Waals surface area (Å²) in [6.45, 7) is 5.10. The third-order valence-corrected chi connectivity index (χ3v) is 3.79. The van der Waals surface area contributed by atoms with E-state index < -0.39 is 0 Å². The van der Waals surface area contributed by atoms with Gasteiger partial charge in [-0.2, -0.15) is 0 Å². The summed E-state index contributed by atoms with van der Waals surface area (Å²) >= 11 is 0. The van der Waals surface area contributed by atoms with Crippen molar-refractivity contribution in [3.05, 3.63) is 35.6 Å². The minimum absolute atomic E-state index is 0.0807. The van der Waals surface area contributed by atoms with Crippen LogP contribution in [0.5, 0.6) is 0 Å². The minimum Gasteiger partial charge on any atom is -0.385 e. The van der Waals surface area contributed by atoms with Crippen LogP contribution < -0.4 is 0 Å². The van der Waals surface area contributed by atoms with Gasteiger partial charge in [0.05, 0.1) is 6.42 Å². The van der Waals surface area contributed by atoms with E-state index in [1.54, 1.807) is 19.2 Å². The normalized spacial score (nSPS) is 16.2. The summed E-state index contributed by atoms with van der Waals surface area (Å²) in [5.41, 5.74) is 0.738. The van der Waals surface area contributed by atoms with Crippen molar-refractivity contribution >= 4 is 5.91 Å². The second-order valence-electron chi connectivity index (χ2n) is 5.38. The number of hydrogen-bond donors (Lipinski definition) is 0. The summed E-state index contributed by atoms with van der Waals surface area (Å²) in [5, 5.41) is 0. The summed E-state index contributed by atoms with van der Waals surface area (Å²) in [4.78, 5) is 16.4. The lowest BCUT2D eigenvalue weighted by molar-refractivity contribution is -0.132. The molecule has 0 atom stereocenters. The van der Waals surface area contributed by atoms with Gasteiger partial charge in [-0.1, -0.05) is 12.1 Å². The predicted octanol–water partition coefficient (Wildman–Crippen LogP) is 1.55. The van der Waals surface area contributed by atoms with Gasteiger partial charge in [0.15, 0.2) is 0 Å². The highest BCUT2D eigenvalue weighted by Gasteiger charge is 2.20. The topological polar surface area (TPSA) is 32.8 Å². The fourth-order valence-electron chi connectivity index (χ4n) is 2.59. The number of piperazine rings is 1. The number of carbonyl (C=O) groups is 1. The van der Waals surface area contributed by atoms with Crippen molar-refractivity contribution in [2.75, 3.05) is 46.4 Å². The lowest BCUT2D eigenvalue weighted by atomic mass is 10.1. The van der Waals surface area contributed by atoms with Crippen LogP contribution in [0.25, 0.3) is 0 Å². The minimum atomic E-state index is -0.289. The number of rotatable bonds is 6. The molecule has 116 valence electrons. The fraction of sp³-hybridized carbons (Fsp3) is 0.562. The van der Waals surface area contributed by atoms with E-state index in [9.17, 15) is 9.18 Å². The maximum absolute atomic E-state index is 13.1. The van der Waals surface area contributed by atoms with E-state index in [0.717, 1.165) is 51.3 Å². The molecule has 1 heterocycles. The Morgan fingerprint density at radius 3 is 2.71 bits per heavy atom. The molecule has 1 aromatic carbocycles. The largest absolute Gasteiger partial charge is 0.385 e. The number of ether oxygens (including phenoxy) is 1. The van der Waals surface area contributed by atoms with Crippen molar-refractivity contribution in [2.45, 2.75) is 12.8 Å². The van der Waals surface area contributed by atoms with Crippen LogP contribution in [0, 0.1) is 5.82 Å². The molecule has 1 aromatic rings. The van der Waals surface area contributed by atoms with E-state index in [-0.39, 0.29) is 18.1 Å². The number of carbonyl (C=O) groups excluding carboxylic acids is 1. The van der Waals surface area contributed by atoms with Gasteiger partial charge in [0.25, 0.3) is 0 Å². The Balaban J connectivity index is 1.75. The van der Waals surface area contributed by atoms with Gasteiger partial charge in [-0.3, -0.25) is 9.69 Å². The Bertz CT molecular complexity index is 459. The first-order chi connectivity index (χ1) is 10.2. The van der Waals surface area contributed by atoms with Crippen molar-refractivity contribution < 1.29 is 13.9 Å². The molecular formula is C16H23FN2O2. The molecule has 1 amide bonds. The molecule has 0 aromatic heterocycles. The van der Waals surface area contributed by atoms with Gasteiger partial charge in [-0.15, -0.1) is 0 Å². The highest BCUT2D eigenvalue weighted by atomic mass is 19.1. The van der Waals surface area contributed by atoms with Gasteiger partial charge in [0, 0.05) is 46.4 Å². The maximum atomic E-state index is 13.1. The highest BCUT2D eigenvalue weighted by molar-refractivity contribution is 5.78. The second-order valence-corrected chi connectivity index (χ2v) is 5.38. The summed E-state index contributed by atoms with van der Waals surface area (Å²) in [7, 11) is 1.71. The van der Waals surface area contributed by atoms with Crippen LogP contribution in [0.1, 0.15) is 12.0 Å². The van der Waals surface area contributed by atoms with E-state index in [4.69, 9.17) is 4.74 Å². The van der Waals surface area contributed by atoms with Crippen LogP contribution in [0.2, 0.25) is 0 Å². The summed E-state index contributed by atoms with van der Waals surface area (Å²) in [6, 6.07) is 6.26. The number of halogens is 1. The molecule has 0 aliphatic carbocycles. The number of nitrogens with zero attached hydrogens (tertiary/aromatic N) is 2. The first kappa shape index (κ1) is 15.9. The zero-order valence-electron chi connectivity index (χ0n) is 12.6. The molecule has 1 fully saturated rings. The van der Waals surface area contributed by atoms with Gasteiger partial charge in [0.2, 0.25) is 5.91 Å². The van der Waals surface area contributed by atoms with Gasteiger partial charge in [-0.25, -0.2) is 4.39 Å². The molecule has 0 unspecified atom stereocenters. The van der Waals surface area contributed by atoms with Gasteiger partial charge >= 0.3 is 0 Å². The summed E-state index contributed by atoms with van der Waals surface area (Å²) in [6.07, 6.45) is 1.30. The molecule has 0 spiro atoms. The first-order valence-electron chi connectivity index (χ1n) is 7.42. The Morgan fingerprint density at radius 2 is 2.05 bits per heavy atom. The lowest BCUT2D eigenvalue weighted by Gasteiger charge is -2.34.